The van der Waals surface area contributed by atoms with Gasteiger partial charge in [-0.05, 0) is 36.5 Å². The molecule has 2 heteroatoms. The van der Waals surface area contributed by atoms with Crippen LogP contribution in [0.25, 0.3) is 0 Å². The standard InChI is InChI=1S/C13H27NO/c1-10(2)5-12(6-11(3)4)7-13(12,8-14)9-15/h10-11,15H,5-9,14H2,1-4H3. The SMILES string of the molecule is CC(C)CC1(CC(C)C)CC1(CN)CO. The van der Waals surface area contributed by atoms with Crippen molar-refractivity contribution in [3.05, 3.63) is 0 Å². The summed E-state index contributed by atoms with van der Waals surface area (Å²) in [5, 5.41) is 9.54. The molecule has 0 saturated heterocycles. The van der Waals surface area contributed by atoms with Gasteiger partial charge in [0.15, 0.2) is 0 Å². The Hall–Kier alpha value is -0.0800. The van der Waals surface area contributed by atoms with E-state index in [1.165, 1.54) is 12.8 Å². The predicted octanol–water partition coefficient (Wildman–Crippen LogP) is 2.41. The lowest BCUT2D eigenvalue weighted by Crippen LogP contribution is -2.29. The van der Waals surface area contributed by atoms with E-state index in [9.17, 15) is 5.11 Å². The van der Waals surface area contributed by atoms with Crippen LogP contribution >= 0.6 is 0 Å². The Balaban J connectivity index is 2.73. The third kappa shape index (κ3) is 2.36. The molecule has 0 bridgehead atoms. The molecule has 1 unspecified atom stereocenters. The van der Waals surface area contributed by atoms with Crippen molar-refractivity contribution in [2.24, 2.45) is 28.4 Å². The Morgan fingerprint density at radius 3 is 1.73 bits per heavy atom. The molecule has 0 aromatic heterocycles. The highest BCUT2D eigenvalue weighted by molar-refractivity contribution is 5.15. The van der Waals surface area contributed by atoms with Gasteiger partial charge in [-0.2, -0.15) is 0 Å². The highest BCUT2D eigenvalue weighted by Crippen LogP contribution is 2.68. The summed E-state index contributed by atoms with van der Waals surface area (Å²) >= 11 is 0. The molecule has 1 saturated carbocycles. The number of hydrogen-bond donors (Lipinski definition) is 2. The summed E-state index contributed by atoms with van der Waals surface area (Å²) in [7, 11) is 0. The lowest BCUT2D eigenvalue weighted by Gasteiger charge is -2.27. The van der Waals surface area contributed by atoms with Crippen LogP contribution in [0.5, 0.6) is 0 Å². The molecule has 0 heterocycles. The average Bonchev–Trinajstić information content (AvgIpc) is 2.71. The van der Waals surface area contributed by atoms with Gasteiger partial charge >= 0.3 is 0 Å². The van der Waals surface area contributed by atoms with Gasteiger partial charge in [-0.1, -0.05) is 27.7 Å². The van der Waals surface area contributed by atoms with Gasteiger partial charge < -0.3 is 10.8 Å². The molecule has 1 fully saturated rings. The maximum Gasteiger partial charge on any atom is 0.0505 e. The molecule has 0 radical (unpaired) electrons. The normalized spacial score (nSPS) is 28.8. The monoisotopic (exact) mass is 213 g/mol. The molecule has 0 amide bonds. The largest absolute Gasteiger partial charge is 0.396 e. The van der Waals surface area contributed by atoms with Gasteiger partial charge in [0.2, 0.25) is 0 Å². The summed E-state index contributed by atoms with van der Waals surface area (Å²) in [5.41, 5.74) is 6.22. The molecule has 3 N–H and O–H groups in total. The molecule has 0 spiro atoms. The Morgan fingerprint density at radius 1 is 1.07 bits per heavy atom. The molecule has 0 aromatic carbocycles. The highest BCUT2D eigenvalue weighted by atomic mass is 16.3. The van der Waals surface area contributed by atoms with Crippen molar-refractivity contribution in [2.75, 3.05) is 13.2 Å². The summed E-state index contributed by atoms with van der Waals surface area (Å²) in [5.74, 6) is 1.40. The van der Waals surface area contributed by atoms with E-state index in [2.05, 4.69) is 27.7 Å². The molecule has 15 heavy (non-hydrogen) atoms. The first-order valence-electron chi connectivity index (χ1n) is 6.22. The molecule has 90 valence electrons. The number of rotatable bonds is 6. The molecular formula is C13H27NO. The zero-order valence-corrected chi connectivity index (χ0v) is 10.7. The molecular weight excluding hydrogens is 186 g/mol. The maximum atomic E-state index is 9.54. The van der Waals surface area contributed by atoms with Gasteiger partial charge in [-0.25, -0.2) is 0 Å². The number of nitrogens with two attached hydrogens (primary N) is 1. The second kappa shape index (κ2) is 4.42. The van der Waals surface area contributed by atoms with Crippen molar-refractivity contribution >= 4 is 0 Å². The van der Waals surface area contributed by atoms with E-state index in [4.69, 9.17) is 5.73 Å². The van der Waals surface area contributed by atoms with Crippen LogP contribution in [-0.2, 0) is 0 Å². The third-order valence-electron chi connectivity index (χ3n) is 3.97. The first kappa shape index (κ1) is 13.0. The van der Waals surface area contributed by atoms with Crippen LogP contribution in [-0.4, -0.2) is 18.3 Å². The van der Waals surface area contributed by atoms with Crippen LogP contribution in [0.4, 0.5) is 0 Å². The zero-order chi connectivity index (χ0) is 11.7. The molecule has 1 atom stereocenters. The average molecular weight is 213 g/mol. The summed E-state index contributed by atoms with van der Waals surface area (Å²) in [6.45, 7) is 9.96. The summed E-state index contributed by atoms with van der Waals surface area (Å²) in [6, 6.07) is 0. The number of aliphatic hydroxyl groups is 1. The quantitative estimate of drug-likeness (QED) is 0.711. The van der Waals surface area contributed by atoms with Crippen LogP contribution in [0.15, 0.2) is 0 Å². The van der Waals surface area contributed by atoms with E-state index in [1.54, 1.807) is 0 Å². The summed E-state index contributed by atoms with van der Waals surface area (Å²) < 4.78 is 0. The minimum Gasteiger partial charge on any atom is -0.396 e. The van der Waals surface area contributed by atoms with E-state index >= 15 is 0 Å². The Bertz CT molecular complexity index is 197. The summed E-state index contributed by atoms with van der Waals surface area (Å²) in [6.07, 6.45) is 3.55. The van der Waals surface area contributed by atoms with E-state index in [1.807, 2.05) is 0 Å². The smallest absolute Gasteiger partial charge is 0.0505 e. The third-order valence-corrected chi connectivity index (χ3v) is 3.97. The van der Waals surface area contributed by atoms with Crippen molar-refractivity contribution in [1.29, 1.82) is 0 Å². The molecule has 1 rings (SSSR count). The topological polar surface area (TPSA) is 46.2 Å². The van der Waals surface area contributed by atoms with Crippen molar-refractivity contribution in [3.63, 3.8) is 0 Å². The van der Waals surface area contributed by atoms with Crippen molar-refractivity contribution in [2.45, 2.75) is 47.0 Å². The lowest BCUT2D eigenvalue weighted by molar-refractivity contribution is 0.149. The van der Waals surface area contributed by atoms with Crippen LogP contribution in [0.2, 0.25) is 0 Å². The molecule has 1 aliphatic rings. The van der Waals surface area contributed by atoms with Crippen LogP contribution < -0.4 is 5.73 Å². The lowest BCUT2D eigenvalue weighted by atomic mass is 9.80. The van der Waals surface area contributed by atoms with Gasteiger partial charge in [-0.15, -0.1) is 0 Å². The minimum atomic E-state index is 0.0432. The van der Waals surface area contributed by atoms with Crippen molar-refractivity contribution in [1.82, 2.24) is 0 Å². The zero-order valence-electron chi connectivity index (χ0n) is 10.7. The van der Waals surface area contributed by atoms with Gasteiger partial charge in [0.1, 0.15) is 0 Å². The second-order valence-corrected chi connectivity index (χ2v) is 6.30. The van der Waals surface area contributed by atoms with Crippen LogP contribution in [0.3, 0.4) is 0 Å². The molecule has 1 aliphatic carbocycles. The van der Waals surface area contributed by atoms with E-state index in [0.717, 1.165) is 6.42 Å². The van der Waals surface area contributed by atoms with Gasteiger partial charge in [0, 0.05) is 12.0 Å². The fourth-order valence-electron chi connectivity index (χ4n) is 3.40. The Kier molecular flexibility index (Phi) is 3.83. The van der Waals surface area contributed by atoms with E-state index in [-0.39, 0.29) is 12.0 Å². The molecule has 0 aliphatic heterocycles. The van der Waals surface area contributed by atoms with Crippen LogP contribution in [0.1, 0.15) is 47.0 Å². The predicted molar refractivity (Wildman–Crippen MR) is 64.5 cm³/mol. The van der Waals surface area contributed by atoms with Crippen molar-refractivity contribution < 1.29 is 5.11 Å². The fraction of sp³-hybridized carbons (Fsp3) is 1.00. The van der Waals surface area contributed by atoms with E-state index in [0.29, 0.717) is 23.8 Å². The molecule has 2 nitrogen and oxygen atoms in total. The van der Waals surface area contributed by atoms with Gasteiger partial charge in [0.05, 0.1) is 6.61 Å². The Labute approximate surface area is 94.2 Å². The Morgan fingerprint density at radius 2 is 1.53 bits per heavy atom. The minimum absolute atomic E-state index is 0.0432. The van der Waals surface area contributed by atoms with Crippen molar-refractivity contribution in [3.8, 4) is 0 Å². The van der Waals surface area contributed by atoms with Gasteiger partial charge in [0.25, 0.3) is 0 Å². The van der Waals surface area contributed by atoms with E-state index < -0.39 is 0 Å². The number of aliphatic hydroxyl groups excluding tert-OH is 1. The van der Waals surface area contributed by atoms with Crippen LogP contribution in [0, 0.1) is 22.7 Å². The highest BCUT2D eigenvalue weighted by Gasteiger charge is 2.65. The number of hydrogen-bond acceptors (Lipinski definition) is 2. The van der Waals surface area contributed by atoms with Gasteiger partial charge in [-0.3, -0.25) is 0 Å². The summed E-state index contributed by atoms with van der Waals surface area (Å²) in [4.78, 5) is 0. The first-order chi connectivity index (χ1) is 6.91. The first-order valence-corrected chi connectivity index (χ1v) is 6.22. The maximum absolute atomic E-state index is 9.54. The molecule has 0 aromatic rings. The second-order valence-electron chi connectivity index (χ2n) is 6.30. The fourth-order valence-corrected chi connectivity index (χ4v) is 3.40.